The predicted molar refractivity (Wildman–Crippen MR) is 113 cm³/mol. The molecule has 2 nitrogen and oxygen atoms in total. The van der Waals surface area contributed by atoms with Crippen LogP contribution in [0.4, 0.5) is 0 Å². The van der Waals surface area contributed by atoms with E-state index in [4.69, 9.17) is 9.16 Å². The summed E-state index contributed by atoms with van der Waals surface area (Å²) in [6.07, 6.45) is 14.4. The summed E-state index contributed by atoms with van der Waals surface area (Å²) < 4.78 is 12.9. The Morgan fingerprint density at radius 2 is 1.88 bits per heavy atom. The van der Waals surface area contributed by atoms with Crippen LogP contribution < -0.4 is 0 Å². The summed E-state index contributed by atoms with van der Waals surface area (Å²) in [5.41, 5.74) is 1.26. The maximum atomic E-state index is 6.74. The summed E-state index contributed by atoms with van der Waals surface area (Å²) in [4.78, 5) is 0. The minimum Gasteiger partial charge on any atom is -0.411 e. The van der Waals surface area contributed by atoms with E-state index >= 15 is 0 Å². The van der Waals surface area contributed by atoms with Gasteiger partial charge < -0.3 is 9.16 Å². The van der Waals surface area contributed by atoms with Crippen molar-refractivity contribution < 1.29 is 9.16 Å². The van der Waals surface area contributed by atoms with Crippen LogP contribution in [0.25, 0.3) is 0 Å². The van der Waals surface area contributed by atoms with Gasteiger partial charge in [0.15, 0.2) is 8.32 Å². The van der Waals surface area contributed by atoms with Crippen molar-refractivity contribution in [2.45, 2.75) is 91.1 Å². The molecule has 3 heteroatoms. The number of unbranched alkanes of at least 4 members (excludes halogenated alkanes) is 1. The van der Waals surface area contributed by atoms with Crippen molar-refractivity contribution in [2.75, 3.05) is 6.61 Å². The normalized spacial score (nSPS) is 26.7. The molecule has 0 aliphatic carbocycles. The van der Waals surface area contributed by atoms with Gasteiger partial charge in [-0.1, -0.05) is 71.4 Å². The van der Waals surface area contributed by atoms with Crippen molar-refractivity contribution in [1.29, 1.82) is 0 Å². The first-order valence-electron chi connectivity index (χ1n) is 9.88. The van der Waals surface area contributed by atoms with Crippen molar-refractivity contribution in [3.05, 3.63) is 36.0 Å². The molecular weight excluding hydrogens is 324 g/mol. The Hall–Kier alpha value is -0.643. The molecular formula is C22H40O2Si. The van der Waals surface area contributed by atoms with E-state index in [-0.39, 0.29) is 17.2 Å². The summed E-state index contributed by atoms with van der Waals surface area (Å²) in [6, 6.07) is 0. The van der Waals surface area contributed by atoms with Gasteiger partial charge in [0, 0.05) is 0 Å². The third-order valence-corrected chi connectivity index (χ3v) is 9.91. The van der Waals surface area contributed by atoms with E-state index in [2.05, 4.69) is 85.0 Å². The molecule has 144 valence electrons. The Bertz CT molecular complexity index is 483. The van der Waals surface area contributed by atoms with Gasteiger partial charge in [0.25, 0.3) is 0 Å². The Morgan fingerprint density at radius 3 is 2.48 bits per heavy atom. The van der Waals surface area contributed by atoms with Crippen LogP contribution in [0.3, 0.4) is 0 Å². The monoisotopic (exact) mass is 364 g/mol. The van der Waals surface area contributed by atoms with Crippen LogP contribution in [0.2, 0.25) is 18.1 Å². The summed E-state index contributed by atoms with van der Waals surface area (Å²) in [7, 11) is -1.80. The molecule has 3 atom stereocenters. The molecule has 0 aromatic heterocycles. The van der Waals surface area contributed by atoms with E-state index in [0.717, 1.165) is 19.4 Å². The molecule has 1 fully saturated rings. The van der Waals surface area contributed by atoms with Crippen LogP contribution in [-0.4, -0.2) is 27.1 Å². The molecule has 0 spiro atoms. The quantitative estimate of drug-likeness (QED) is 0.371. The van der Waals surface area contributed by atoms with E-state index in [0.29, 0.717) is 5.92 Å². The summed E-state index contributed by atoms with van der Waals surface area (Å²) in [5.74, 6) is 0.561. The van der Waals surface area contributed by atoms with E-state index in [1.54, 1.807) is 0 Å². The molecule has 1 saturated heterocycles. The van der Waals surface area contributed by atoms with Crippen LogP contribution in [-0.2, 0) is 9.16 Å². The molecule has 25 heavy (non-hydrogen) atoms. The molecule has 0 saturated carbocycles. The molecule has 0 N–H and O–H groups in total. The van der Waals surface area contributed by atoms with Crippen molar-refractivity contribution in [2.24, 2.45) is 5.92 Å². The van der Waals surface area contributed by atoms with Gasteiger partial charge in [0.2, 0.25) is 0 Å². The van der Waals surface area contributed by atoms with E-state index in [1.165, 1.54) is 12.0 Å². The van der Waals surface area contributed by atoms with Crippen LogP contribution in [0, 0.1) is 5.92 Å². The Kier molecular flexibility index (Phi) is 8.86. The molecule has 0 bridgehead atoms. The number of ether oxygens (including phenoxy) is 1. The average molecular weight is 365 g/mol. The van der Waals surface area contributed by atoms with Gasteiger partial charge in [-0.3, -0.25) is 0 Å². The fourth-order valence-electron chi connectivity index (χ4n) is 2.76. The predicted octanol–water partition coefficient (Wildman–Crippen LogP) is 6.66. The maximum Gasteiger partial charge on any atom is 0.192 e. The summed E-state index contributed by atoms with van der Waals surface area (Å²) in [6.45, 7) is 19.0. The highest BCUT2D eigenvalue weighted by molar-refractivity contribution is 6.74. The standard InChI is InChI=1S/C22H40O2Si/c1-9-10-11-12-13-14-15-19(3)21-20(16-18(2)17-23-21)24-25(7,8)22(4,5)6/h11-15,18,20-21H,9-10,16-17H2,1-8H3/t18-,20-,21+/m1/s1. The second kappa shape index (κ2) is 9.89. The van der Waals surface area contributed by atoms with Crippen LogP contribution in [0.15, 0.2) is 36.0 Å². The van der Waals surface area contributed by atoms with Crippen molar-refractivity contribution in [1.82, 2.24) is 0 Å². The second-order valence-electron chi connectivity index (χ2n) is 9.02. The third-order valence-electron chi connectivity index (χ3n) is 5.41. The van der Waals surface area contributed by atoms with Gasteiger partial charge in [-0.15, -0.1) is 0 Å². The molecule has 0 amide bonds. The topological polar surface area (TPSA) is 18.5 Å². The molecule has 0 radical (unpaired) electrons. The van der Waals surface area contributed by atoms with Crippen LogP contribution in [0.5, 0.6) is 0 Å². The van der Waals surface area contributed by atoms with Gasteiger partial charge in [0.1, 0.15) is 6.10 Å². The van der Waals surface area contributed by atoms with Crippen LogP contribution in [0.1, 0.15) is 60.8 Å². The molecule has 1 heterocycles. The fourth-order valence-corrected chi connectivity index (χ4v) is 4.09. The number of hydrogen-bond acceptors (Lipinski definition) is 2. The molecule has 0 aromatic rings. The first-order chi connectivity index (χ1) is 11.6. The van der Waals surface area contributed by atoms with Crippen LogP contribution >= 0.6 is 0 Å². The Morgan fingerprint density at radius 1 is 1.20 bits per heavy atom. The highest BCUT2D eigenvalue weighted by Crippen LogP contribution is 2.40. The van der Waals surface area contributed by atoms with Gasteiger partial charge in [0.05, 0.1) is 12.7 Å². The number of allylic oxidation sites excluding steroid dienone is 5. The fraction of sp³-hybridized carbons (Fsp3) is 0.727. The minimum atomic E-state index is -1.80. The lowest BCUT2D eigenvalue weighted by molar-refractivity contribution is -0.0705. The zero-order valence-electron chi connectivity index (χ0n) is 17.8. The van der Waals surface area contributed by atoms with E-state index in [9.17, 15) is 0 Å². The zero-order chi connectivity index (χ0) is 19.1. The Balaban J connectivity index is 2.83. The SMILES string of the molecule is CCCC=CC=CC=C(C)[C@@H]1OC[C@H](C)C[C@H]1O[Si](C)(C)C(C)(C)C. The van der Waals surface area contributed by atoms with Gasteiger partial charge in [-0.2, -0.15) is 0 Å². The lowest BCUT2D eigenvalue weighted by Gasteiger charge is -2.44. The molecule has 0 unspecified atom stereocenters. The number of hydrogen-bond donors (Lipinski definition) is 0. The first-order valence-corrected chi connectivity index (χ1v) is 12.8. The van der Waals surface area contributed by atoms with E-state index < -0.39 is 8.32 Å². The highest BCUT2D eigenvalue weighted by atomic mass is 28.4. The lowest BCUT2D eigenvalue weighted by atomic mass is 9.93. The summed E-state index contributed by atoms with van der Waals surface area (Å²) >= 11 is 0. The number of rotatable bonds is 7. The molecule has 1 aliphatic rings. The van der Waals surface area contributed by atoms with Crippen molar-refractivity contribution in [3.8, 4) is 0 Å². The van der Waals surface area contributed by atoms with Gasteiger partial charge in [-0.05, 0) is 49.4 Å². The van der Waals surface area contributed by atoms with E-state index in [1.807, 2.05) is 0 Å². The summed E-state index contributed by atoms with van der Waals surface area (Å²) in [5, 5.41) is 0.222. The van der Waals surface area contributed by atoms with Gasteiger partial charge >= 0.3 is 0 Å². The molecule has 1 rings (SSSR count). The Labute approximate surface area is 157 Å². The third kappa shape index (κ3) is 7.24. The highest BCUT2D eigenvalue weighted by Gasteiger charge is 2.42. The van der Waals surface area contributed by atoms with Crippen molar-refractivity contribution in [3.63, 3.8) is 0 Å². The largest absolute Gasteiger partial charge is 0.411 e. The zero-order valence-corrected chi connectivity index (χ0v) is 18.8. The lowest BCUT2D eigenvalue weighted by Crippen LogP contribution is -2.50. The second-order valence-corrected chi connectivity index (χ2v) is 13.8. The van der Waals surface area contributed by atoms with Gasteiger partial charge in [-0.25, -0.2) is 0 Å². The first kappa shape index (κ1) is 22.4. The van der Waals surface area contributed by atoms with Crippen molar-refractivity contribution >= 4 is 8.32 Å². The molecule has 1 aliphatic heterocycles. The maximum absolute atomic E-state index is 6.74. The minimum absolute atomic E-state index is 0.0783. The average Bonchev–Trinajstić information content (AvgIpc) is 2.49. The smallest absolute Gasteiger partial charge is 0.192 e. The molecule has 0 aromatic carbocycles.